The van der Waals surface area contributed by atoms with Crippen LogP contribution in [0.1, 0.15) is 11.3 Å². The van der Waals surface area contributed by atoms with Crippen molar-refractivity contribution in [3.05, 3.63) is 52.2 Å². The number of fused-ring (bicyclic) bond motifs is 1. The van der Waals surface area contributed by atoms with Gasteiger partial charge >= 0.3 is 5.69 Å². The normalized spacial score (nSPS) is 11.0. The van der Waals surface area contributed by atoms with Gasteiger partial charge in [0, 0.05) is 5.56 Å². The molecule has 0 aliphatic carbocycles. The molecule has 90 valence electrons. The van der Waals surface area contributed by atoms with E-state index in [9.17, 15) is 4.79 Å². The van der Waals surface area contributed by atoms with Gasteiger partial charge in [-0.1, -0.05) is 23.8 Å². The first-order chi connectivity index (χ1) is 8.66. The fraction of sp³-hybridized carbons (Fsp3) is 0.154. The number of aryl methyl sites for hydroxylation is 2. The summed E-state index contributed by atoms with van der Waals surface area (Å²) >= 11 is 0. The van der Waals surface area contributed by atoms with Gasteiger partial charge in [-0.15, -0.1) is 0 Å². The molecule has 0 fully saturated rings. The van der Waals surface area contributed by atoms with Gasteiger partial charge in [0.05, 0.1) is 17.4 Å². The van der Waals surface area contributed by atoms with Gasteiger partial charge in [0.2, 0.25) is 0 Å². The van der Waals surface area contributed by atoms with Gasteiger partial charge in [-0.05, 0) is 19.9 Å². The number of hydrogen-bond donors (Lipinski definition) is 1. The zero-order valence-corrected chi connectivity index (χ0v) is 10.1. The van der Waals surface area contributed by atoms with Gasteiger partial charge in [0.1, 0.15) is 5.82 Å². The quantitative estimate of drug-likeness (QED) is 0.704. The highest BCUT2D eigenvalue weighted by atomic mass is 16.1. The van der Waals surface area contributed by atoms with Crippen LogP contribution in [0.4, 0.5) is 0 Å². The first-order valence-electron chi connectivity index (χ1n) is 5.66. The standard InChI is InChI=1S/C13H12N4O/c1-8-4-3-5-10(6-8)12-15-9(2)11-7-14-16-13(18)17(11)12/h3-7H,1-2H3,(H,16,18). The average Bonchev–Trinajstić information content (AvgIpc) is 2.69. The molecule has 0 bridgehead atoms. The molecular weight excluding hydrogens is 228 g/mol. The Kier molecular flexibility index (Phi) is 2.26. The van der Waals surface area contributed by atoms with Gasteiger partial charge in [-0.25, -0.2) is 19.3 Å². The number of nitrogens with one attached hydrogen (secondary N) is 1. The molecule has 5 nitrogen and oxygen atoms in total. The minimum Gasteiger partial charge on any atom is -0.246 e. The molecule has 0 aliphatic heterocycles. The highest BCUT2D eigenvalue weighted by molar-refractivity contribution is 5.64. The van der Waals surface area contributed by atoms with Gasteiger partial charge in [0.15, 0.2) is 0 Å². The molecule has 0 atom stereocenters. The maximum absolute atomic E-state index is 11.9. The summed E-state index contributed by atoms with van der Waals surface area (Å²) in [6.07, 6.45) is 1.61. The zero-order chi connectivity index (χ0) is 12.7. The predicted molar refractivity (Wildman–Crippen MR) is 68.5 cm³/mol. The van der Waals surface area contributed by atoms with Gasteiger partial charge in [-0.3, -0.25) is 0 Å². The van der Waals surface area contributed by atoms with Crippen LogP contribution >= 0.6 is 0 Å². The van der Waals surface area contributed by atoms with Crippen LogP contribution in [0, 0.1) is 13.8 Å². The van der Waals surface area contributed by atoms with Crippen molar-refractivity contribution in [1.29, 1.82) is 0 Å². The molecule has 0 saturated heterocycles. The number of imidazole rings is 1. The summed E-state index contributed by atoms with van der Waals surface area (Å²) in [5.74, 6) is 0.648. The summed E-state index contributed by atoms with van der Waals surface area (Å²) < 4.78 is 1.55. The molecule has 3 aromatic rings. The Bertz CT molecular complexity index is 785. The Labute approximate surface area is 103 Å². The molecular formula is C13H12N4O. The number of nitrogens with zero attached hydrogens (tertiary/aromatic N) is 3. The van der Waals surface area contributed by atoms with E-state index in [2.05, 4.69) is 15.2 Å². The topological polar surface area (TPSA) is 63.0 Å². The summed E-state index contributed by atoms with van der Waals surface area (Å²) in [6.45, 7) is 3.88. The van der Waals surface area contributed by atoms with Crippen molar-refractivity contribution in [3.63, 3.8) is 0 Å². The van der Waals surface area contributed by atoms with Crippen molar-refractivity contribution in [2.45, 2.75) is 13.8 Å². The van der Waals surface area contributed by atoms with E-state index in [-0.39, 0.29) is 5.69 Å². The summed E-state index contributed by atoms with van der Waals surface area (Å²) in [7, 11) is 0. The summed E-state index contributed by atoms with van der Waals surface area (Å²) in [6, 6.07) is 7.92. The lowest BCUT2D eigenvalue weighted by Crippen LogP contribution is -2.17. The number of aromatic amines is 1. The minimum absolute atomic E-state index is 0.274. The molecule has 0 aliphatic rings. The van der Waals surface area contributed by atoms with Crippen LogP contribution in [0.2, 0.25) is 0 Å². The molecule has 3 rings (SSSR count). The van der Waals surface area contributed by atoms with E-state index in [1.165, 1.54) is 0 Å². The van der Waals surface area contributed by atoms with Gasteiger partial charge in [0.25, 0.3) is 0 Å². The van der Waals surface area contributed by atoms with Gasteiger partial charge in [-0.2, -0.15) is 5.10 Å². The number of aromatic nitrogens is 4. The highest BCUT2D eigenvalue weighted by Gasteiger charge is 2.12. The Morgan fingerprint density at radius 2 is 2.11 bits per heavy atom. The van der Waals surface area contributed by atoms with Crippen LogP contribution < -0.4 is 5.69 Å². The minimum atomic E-state index is -0.274. The second kappa shape index (κ2) is 3.80. The first-order valence-corrected chi connectivity index (χ1v) is 5.66. The lowest BCUT2D eigenvalue weighted by Gasteiger charge is -2.00. The van der Waals surface area contributed by atoms with E-state index in [0.29, 0.717) is 5.82 Å². The van der Waals surface area contributed by atoms with Crippen LogP contribution in [0.3, 0.4) is 0 Å². The van der Waals surface area contributed by atoms with Crippen molar-refractivity contribution in [2.75, 3.05) is 0 Å². The van der Waals surface area contributed by atoms with Crippen molar-refractivity contribution in [2.24, 2.45) is 0 Å². The number of rotatable bonds is 1. The van der Waals surface area contributed by atoms with Crippen LogP contribution in [-0.2, 0) is 0 Å². The fourth-order valence-corrected chi connectivity index (χ4v) is 2.08. The smallest absolute Gasteiger partial charge is 0.246 e. The third-order valence-corrected chi connectivity index (χ3v) is 2.92. The third-order valence-electron chi connectivity index (χ3n) is 2.92. The molecule has 2 aromatic heterocycles. The van der Waals surface area contributed by atoms with E-state index < -0.39 is 0 Å². The molecule has 18 heavy (non-hydrogen) atoms. The van der Waals surface area contributed by atoms with Crippen LogP contribution in [-0.4, -0.2) is 19.6 Å². The predicted octanol–water partition coefficient (Wildman–Crippen LogP) is 1.70. The van der Waals surface area contributed by atoms with E-state index in [0.717, 1.165) is 22.3 Å². The molecule has 0 spiro atoms. The molecule has 0 unspecified atom stereocenters. The second-order valence-electron chi connectivity index (χ2n) is 4.29. The van der Waals surface area contributed by atoms with Crippen molar-refractivity contribution in [1.82, 2.24) is 19.6 Å². The SMILES string of the molecule is Cc1cccc(-c2nc(C)c3cn[nH]c(=O)n23)c1. The van der Waals surface area contributed by atoms with Crippen LogP contribution in [0.15, 0.2) is 35.3 Å². The molecule has 5 heteroatoms. The van der Waals surface area contributed by atoms with E-state index >= 15 is 0 Å². The van der Waals surface area contributed by atoms with Crippen LogP contribution in [0.5, 0.6) is 0 Å². The van der Waals surface area contributed by atoms with Crippen molar-refractivity contribution < 1.29 is 0 Å². The Morgan fingerprint density at radius 1 is 1.28 bits per heavy atom. The molecule has 0 amide bonds. The van der Waals surface area contributed by atoms with Crippen LogP contribution in [0.25, 0.3) is 16.9 Å². The maximum atomic E-state index is 11.9. The van der Waals surface area contributed by atoms with E-state index in [4.69, 9.17) is 0 Å². The number of H-pyrrole nitrogens is 1. The summed E-state index contributed by atoms with van der Waals surface area (Å²) in [5, 5.41) is 6.23. The largest absolute Gasteiger partial charge is 0.348 e. The first kappa shape index (κ1) is 10.7. The number of hydrogen-bond acceptors (Lipinski definition) is 3. The molecule has 2 heterocycles. The number of benzene rings is 1. The molecule has 1 aromatic carbocycles. The molecule has 1 N–H and O–H groups in total. The Hall–Kier alpha value is -2.43. The zero-order valence-electron chi connectivity index (χ0n) is 10.1. The maximum Gasteiger partial charge on any atom is 0.348 e. The second-order valence-corrected chi connectivity index (χ2v) is 4.29. The van der Waals surface area contributed by atoms with Gasteiger partial charge < -0.3 is 0 Å². The molecule has 0 saturated carbocycles. The Balaban J connectivity index is 2.40. The fourth-order valence-electron chi connectivity index (χ4n) is 2.08. The summed E-state index contributed by atoms with van der Waals surface area (Å²) in [4.78, 5) is 16.3. The van der Waals surface area contributed by atoms with Crippen molar-refractivity contribution in [3.8, 4) is 11.4 Å². The Morgan fingerprint density at radius 3 is 2.89 bits per heavy atom. The lowest BCUT2D eigenvalue weighted by molar-refractivity contribution is 0.889. The average molecular weight is 240 g/mol. The van der Waals surface area contributed by atoms with E-state index in [1.807, 2.05) is 38.1 Å². The molecule has 0 radical (unpaired) electrons. The monoisotopic (exact) mass is 240 g/mol. The summed E-state index contributed by atoms with van der Waals surface area (Å²) in [5.41, 5.74) is 3.31. The highest BCUT2D eigenvalue weighted by Crippen LogP contribution is 2.20. The third kappa shape index (κ3) is 1.52. The lowest BCUT2D eigenvalue weighted by atomic mass is 10.1. The van der Waals surface area contributed by atoms with Crippen molar-refractivity contribution >= 4 is 5.52 Å². The van der Waals surface area contributed by atoms with E-state index in [1.54, 1.807) is 10.6 Å².